The highest BCUT2D eigenvalue weighted by Crippen LogP contribution is 2.30. The number of amides is 2. The maximum Gasteiger partial charge on any atom is 0.283 e. The Morgan fingerprint density at radius 3 is 2.50 bits per heavy atom. The highest BCUT2D eigenvalue weighted by molar-refractivity contribution is 8.00. The minimum Gasteiger partial charge on any atom is -0.366 e. The van der Waals surface area contributed by atoms with Gasteiger partial charge in [0, 0.05) is 30.4 Å². The summed E-state index contributed by atoms with van der Waals surface area (Å²) in [5.74, 6) is -1.41. The molecule has 10 nitrogen and oxygen atoms in total. The van der Waals surface area contributed by atoms with Gasteiger partial charge in [0.2, 0.25) is 21.8 Å². The number of nitro groups is 1. The molecular weight excluding hydrogens is 456 g/mol. The number of nitrogens with one attached hydrogen (secondary N) is 1. The normalized spacial score (nSPS) is 14.6. The van der Waals surface area contributed by atoms with Crippen molar-refractivity contribution < 1.29 is 22.9 Å². The van der Waals surface area contributed by atoms with E-state index >= 15 is 0 Å². The Bertz CT molecular complexity index is 1150. The molecule has 1 aliphatic rings. The Hall–Kier alpha value is -2.96. The van der Waals surface area contributed by atoms with Gasteiger partial charge in [0.15, 0.2) is 0 Å². The van der Waals surface area contributed by atoms with Crippen molar-refractivity contribution in [2.45, 2.75) is 29.1 Å². The number of anilines is 1. The predicted molar refractivity (Wildman–Crippen MR) is 120 cm³/mol. The maximum atomic E-state index is 12.8. The summed E-state index contributed by atoms with van der Waals surface area (Å²) in [5, 5.41) is 13.9. The van der Waals surface area contributed by atoms with Crippen LogP contribution in [0, 0.1) is 10.1 Å². The molecule has 0 aromatic heterocycles. The molecule has 3 N–H and O–H groups in total. The Kier molecular flexibility index (Phi) is 7.48. The van der Waals surface area contributed by atoms with Crippen LogP contribution in [0.1, 0.15) is 29.6 Å². The van der Waals surface area contributed by atoms with Crippen LogP contribution >= 0.6 is 11.8 Å². The zero-order valence-corrected chi connectivity index (χ0v) is 18.7. The number of benzene rings is 2. The number of rotatable bonds is 8. The highest BCUT2D eigenvalue weighted by Gasteiger charge is 2.26. The van der Waals surface area contributed by atoms with Crippen molar-refractivity contribution in [3.63, 3.8) is 0 Å². The third-order valence-electron chi connectivity index (χ3n) is 4.87. The number of thioether (sulfide) groups is 1. The first kappa shape index (κ1) is 23.7. The SMILES string of the molecule is NC(=O)c1ccc(SCC(=O)Nc2cccc(S(=O)(=O)N3CCCCC3)c2)c([N+](=O)[O-])c1. The van der Waals surface area contributed by atoms with Crippen LogP contribution in [0.15, 0.2) is 52.3 Å². The van der Waals surface area contributed by atoms with Gasteiger partial charge in [0.05, 0.1) is 20.5 Å². The number of primary amides is 1. The minimum atomic E-state index is -3.64. The van der Waals surface area contributed by atoms with Gasteiger partial charge in [0.1, 0.15) is 0 Å². The maximum absolute atomic E-state index is 12.8. The van der Waals surface area contributed by atoms with Crippen molar-refractivity contribution in [1.29, 1.82) is 0 Å². The van der Waals surface area contributed by atoms with Crippen LogP contribution in [0.2, 0.25) is 0 Å². The zero-order valence-electron chi connectivity index (χ0n) is 17.0. The largest absolute Gasteiger partial charge is 0.366 e. The molecule has 1 saturated heterocycles. The molecule has 0 aliphatic carbocycles. The fraction of sp³-hybridized carbons (Fsp3) is 0.300. The minimum absolute atomic E-state index is 0.00256. The number of hydrogen-bond donors (Lipinski definition) is 2. The van der Waals surface area contributed by atoms with E-state index in [0.717, 1.165) is 37.1 Å². The fourth-order valence-electron chi connectivity index (χ4n) is 3.26. The molecule has 1 aliphatic heterocycles. The number of hydrogen-bond acceptors (Lipinski definition) is 7. The van der Waals surface area contributed by atoms with E-state index in [1.54, 1.807) is 12.1 Å². The van der Waals surface area contributed by atoms with Crippen LogP contribution in [0.5, 0.6) is 0 Å². The number of nitrogens with zero attached hydrogens (tertiary/aromatic N) is 2. The predicted octanol–water partition coefficient (Wildman–Crippen LogP) is 2.60. The molecule has 1 fully saturated rings. The van der Waals surface area contributed by atoms with Crippen LogP contribution in [0.25, 0.3) is 0 Å². The standard InChI is InChI=1S/C20H22N4O6S2/c21-20(26)14-7-8-18(17(11-14)24(27)28)31-13-19(25)22-15-5-4-6-16(12-15)32(29,30)23-9-2-1-3-10-23/h4-8,11-12H,1-3,9-10,13H2,(H2,21,26)(H,22,25). The van der Waals surface area contributed by atoms with Crippen LogP contribution < -0.4 is 11.1 Å². The summed E-state index contributed by atoms with van der Waals surface area (Å²) in [6.45, 7) is 0.950. The molecule has 2 aromatic rings. The van der Waals surface area contributed by atoms with Crippen molar-refractivity contribution in [2.75, 3.05) is 24.2 Å². The van der Waals surface area contributed by atoms with E-state index in [4.69, 9.17) is 5.73 Å². The molecule has 0 spiro atoms. The Morgan fingerprint density at radius 2 is 1.84 bits per heavy atom. The zero-order chi connectivity index (χ0) is 23.3. The van der Waals surface area contributed by atoms with Crippen molar-refractivity contribution in [2.24, 2.45) is 5.73 Å². The van der Waals surface area contributed by atoms with Crippen molar-refractivity contribution in [3.05, 3.63) is 58.1 Å². The van der Waals surface area contributed by atoms with Crippen LogP contribution in [-0.2, 0) is 14.8 Å². The van der Waals surface area contributed by atoms with Gasteiger partial charge < -0.3 is 11.1 Å². The van der Waals surface area contributed by atoms with Gasteiger partial charge in [-0.2, -0.15) is 4.31 Å². The second kappa shape index (κ2) is 10.1. The van der Waals surface area contributed by atoms with Gasteiger partial charge in [-0.1, -0.05) is 12.5 Å². The molecule has 0 bridgehead atoms. The van der Waals surface area contributed by atoms with E-state index in [9.17, 15) is 28.1 Å². The number of sulfonamides is 1. The summed E-state index contributed by atoms with van der Waals surface area (Å²) in [6.07, 6.45) is 2.64. The Morgan fingerprint density at radius 1 is 1.12 bits per heavy atom. The Balaban J connectivity index is 1.68. The Labute approximate surface area is 189 Å². The van der Waals surface area contributed by atoms with Crippen LogP contribution in [0.4, 0.5) is 11.4 Å². The van der Waals surface area contributed by atoms with E-state index in [0.29, 0.717) is 18.8 Å². The summed E-state index contributed by atoms with van der Waals surface area (Å²) in [6, 6.07) is 9.79. The lowest BCUT2D eigenvalue weighted by molar-refractivity contribution is -0.387. The average molecular weight is 479 g/mol. The van der Waals surface area contributed by atoms with E-state index in [1.165, 1.54) is 28.6 Å². The first-order chi connectivity index (χ1) is 15.2. The molecule has 2 amide bonds. The molecule has 0 saturated carbocycles. The number of nitro benzene ring substituents is 1. The molecule has 2 aromatic carbocycles. The van der Waals surface area contributed by atoms with Gasteiger partial charge in [-0.25, -0.2) is 8.42 Å². The number of carbonyl (C=O) groups is 2. The average Bonchev–Trinajstić information content (AvgIpc) is 2.78. The lowest BCUT2D eigenvalue weighted by Gasteiger charge is -2.26. The topological polar surface area (TPSA) is 153 Å². The summed E-state index contributed by atoms with van der Waals surface area (Å²) in [5.41, 5.74) is 5.14. The van der Waals surface area contributed by atoms with Crippen molar-refractivity contribution in [1.82, 2.24) is 4.31 Å². The van der Waals surface area contributed by atoms with E-state index in [2.05, 4.69) is 5.32 Å². The van der Waals surface area contributed by atoms with Gasteiger partial charge in [0.25, 0.3) is 5.69 Å². The smallest absolute Gasteiger partial charge is 0.283 e. The van der Waals surface area contributed by atoms with E-state index < -0.39 is 26.8 Å². The first-order valence-corrected chi connectivity index (χ1v) is 12.2. The van der Waals surface area contributed by atoms with Gasteiger partial charge in [-0.3, -0.25) is 19.7 Å². The number of carbonyl (C=O) groups excluding carboxylic acids is 2. The number of nitrogens with two attached hydrogens (primary N) is 1. The van der Waals surface area contributed by atoms with E-state index in [-0.39, 0.29) is 26.8 Å². The van der Waals surface area contributed by atoms with Crippen molar-refractivity contribution in [3.8, 4) is 0 Å². The lowest BCUT2D eigenvalue weighted by Crippen LogP contribution is -2.35. The van der Waals surface area contributed by atoms with Crippen molar-refractivity contribution >= 4 is 45.0 Å². The third kappa shape index (κ3) is 5.64. The molecule has 0 unspecified atom stereocenters. The fourth-order valence-corrected chi connectivity index (χ4v) is 5.63. The quantitative estimate of drug-likeness (QED) is 0.336. The summed E-state index contributed by atoms with van der Waals surface area (Å²) < 4.78 is 27.1. The molecular formula is C20H22N4O6S2. The molecule has 0 radical (unpaired) electrons. The molecule has 0 atom stereocenters. The summed E-state index contributed by atoms with van der Waals surface area (Å²) in [4.78, 5) is 34.5. The van der Waals surface area contributed by atoms with Crippen LogP contribution in [0.3, 0.4) is 0 Å². The molecule has 32 heavy (non-hydrogen) atoms. The lowest BCUT2D eigenvalue weighted by atomic mass is 10.2. The molecule has 12 heteroatoms. The highest BCUT2D eigenvalue weighted by atomic mass is 32.2. The van der Waals surface area contributed by atoms with E-state index in [1.807, 2.05) is 0 Å². The van der Waals surface area contributed by atoms with Crippen LogP contribution in [-0.4, -0.2) is 48.3 Å². The number of piperidine rings is 1. The molecule has 170 valence electrons. The first-order valence-electron chi connectivity index (χ1n) is 9.79. The summed E-state index contributed by atoms with van der Waals surface area (Å²) in [7, 11) is -3.64. The van der Waals surface area contributed by atoms with Gasteiger partial charge in [-0.15, -0.1) is 11.8 Å². The molecule has 3 rings (SSSR count). The third-order valence-corrected chi connectivity index (χ3v) is 7.83. The molecule has 1 heterocycles. The van der Waals surface area contributed by atoms with Gasteiger partial charge >= 0.3 is 0 Å². The second-order valence-corrected chi connectivity index (χ2v) is 10.1. The monoisotopic (exact) mass is 478 g/mol. The van der Waals surface area contributed by atoms with Gasteiger partial charge in [-0.05, 0) is 43.2 Å². The summed E-state index contributed by atoms with van der Waals surface area (Å²) >= 11 is 0.923. The second-order valence-electron chi connectivity index (χ2n) is 7.13.